The summed E-state index contributed by atoms with van der Waals surface area (Å²) in [5.74, 6) is 0.534. The van der Waals surface area contributed by atoms with E-state index in [1.165, 1.54) is 16.3 Å². The summed E-state index contributed by atoms with van der Waals surface area (Å²) in [5.41, 5.74) is 10.6. The van der Waals surface area contributed by atoms with Gasteiger partial charge in [0.25, 0.3) is 0 Å². The van der Waals surface area contributed by atoms with Crippen molar-refractivity contribution in [3.8, 4) is 33.6 Å². The maximum atomic E-state index is 6.31. The molecule has 7 aromatic rings. The summed E-state index contributed by atoms with van der Waals surface area (Å²) in [6, 6.07) is 41.6. The summed E-state index contributed by atoms with van der Waals surface area (Å²) in [6.07, 6.45) is 3.89. The summed E-state index contributed by atoms with van der Waals surface area (Å²) >= 11 is 0. The number of benzene rings is 4. The zero-order valence-electron chi connectivity index (χ0n) is 27.2. The van der Waals surface area contributed by atoms with Gasteiger partial charge in [0, 0.05) is 37.9 Å². The Morgan fingerprint density at radius 2 is 1.52 bits per heavy atom. The summed E-state index contributed by atoms with van der Waals surface area (Å²) in [7, 11) is -1.34. The molecule has 0 bridgehead atoms. The third kappa shape index (κ3) is 6.98. The molecule has 46 heavy (non-hydrogen) atoms. The summed E-state index contributed by atoms with van der Waals surface area (Å²) in [5, 5.41) is 3.74. The first-order chi connectivity index (χ1) is 21.7. The number of fused-ring (bicyclic) bond motifs is 3. The predicted octanol–water partition coefficient (Wildman–Crippen LogP) is 10.6. The largest absolute Gasteiger partial charge is 0.501 e. The summed E-state index contributed by atoms with van der Waals surface area (Å²) in [6.45, 7) is 13.8. The minimum absolute atomic E-state index is 0. The van der Waals surface area contributed by atoms with Crippen molar-refractivity contribution in [3.05, 3.63) is 139 Å². The standard InChI is InChI=1S/C24H16NO.C17H22NSi.Ir/c1-16-10-12-19(21-9-5-6-14-25-21)24-23(16)20-13-11-18(15-22(20)26-24)17-7-3-2-4-8-17;1-13(2)15-11-16(14-9-7-6-8-10-14)18-12-17(15)19(3,4)5;/h2-11,13-15H,1H3;6-9,11-13H,1-5H3;/q2*-1;. The van der Waals surface area contributed by atoms with Crippen molar-refractivity contribution in [2.45, 2.75) is 46.3 Å². The fraction of sp³-hybridized carbons (Fsp3) is 0.171. The second-order valence-electron chi connectivity index (χ2n) is 12.8. The molecular weight excluding hydrogens is 757 g/mol. The average Bonchev–Trinajstić information content (AvgIpc) is 3.45. The van der Waals surface area contributed by atoms with Crippen LogP contribution in [0.4, 0.5) is 0 Å². The molecule has 0 N–H and O–H groups in total. The molecule has 0 unspecified atom stereocenters. The molecule has 0 saturated heterocycles. The van der Waals surface area contributed by atoms with E-state index in [4.69, 9.17) is 4.42 Å². The predicted molar refractivity (Wildman–Crippen MR) is 192 cm³/mol. The van der Waals surface area contributed by atoms with Crippen molar-refractivity contribution in [2.75, 3.05) is 0 Å². The smallest absolute Gasteiger partial charge is 0.121 e. The van der Waals surface area contributed by atoms with Crippen LogP contribution in [0.5, 0.6) is 0 Å². The Labute approximate surface area is 287 Å². The van der Waals surface area contributed by atoms with E-state index in [1.807, 2.05) is 48.5 Å². The summed E-state index contributed by atoms with van der Waals surface area (Å²) < 4.78 is 6.31. The van der Waals surface area contributed by atoms with E-state index < -0.39 is 8.07 Å². The molecule has 0 saturated carbocycles. The number of hydrogen-bond acceptors (Lipinski definition) is 3. The molecule has 0 amide bonds. The van der Waals surface area contributed by atoms with Gasteiger partial charge in [-0.25, -0.2) is 0 Å². The van der Waals surface area contributed by atoms with Crippen LogP contribution in [0.3, 0.4) is 0 Å². The maximum absolute atomic E-state index is 6.31. The first-order valence-electron chi connectivity index (χ1n) is 15.5. The van der Waals surface area contributed by atoms with Crippen LogP contribution in [-0.2, 0) is 20.1 Å². The maximum Gasteiger partial charge on any atom is 0.121 e. The molecule has 5 heteroatoms. The quantitative estimate of drug-likeness (QED) is 0.129. The number of nitrogens with zero attached hydrogens (tertiary/aromatic N) is 2. The molecule has 233 valence electrons. The fourth-order valence-electron chi connectivity index (χ4n) is 5.77. The first-order valence-corrected chi connectivity index (χ1v) is 19.0. The molecule has 3 aromatic heterocycles. The zero-order valence-corrected chi connectivity index (χ0v) is 30.6. The molecule has 3 nitrogen and oxygen atoms in total. The molecule has 3 heterocycles. The topological polar surface area (TPSA) is 38.9 Å². The molecule has 0 aliphatic rings. The van der Waals surface area contributed by atoms with Crippen LogP contribution >= 0.6 is 0 Å². The van der Waals surface area contributed by atoms with E-state index in [2.05, 4.69) is 123 Å². The van der Waals surface area contributed by atoms with Gasteiger partial charge in [-0.1, -0.05) is 118 Å². The van der Waals surface area contributed by atoms with E-state index in [1.54, 1.807) is 6.20 Å². The van der Waals surface area contributed by atoms with Crippen LogP contribution < -0.4 is 5.19 Å². The number of aromatic nitrogens is 2. The van der Waals surface area contributed by atoms with Gasteiger partial charge < -0.3 is 14.4 Å². The number of pyridine rings is 2. The van der Waals surface area contributed by atoms with E-state index in [9.17, 15) is 0 Å². The normalized spacial score (nSPS) is 11.3. The molecule has 0 spiro atoms. The molecule has 1 radical (unpaired) electrons. The van der Waals surface area contributed by atoms with Crippen LogP contribution in [0.25, 0.3) is 55.6 Å². The van der Waals surface area contributed by atoms with Gasteiger partial charge in [0.1, 0.15) is 5.58 Å². The van der Waals surface area contributed by atoms with Crippen molar-refractivity contribution in [3.63, 3.8) is 0 Å². The minimum atomic E-state index is -1.34. The molecule has 0 aliphatic heterocycles. The Hall–Kier alpha value is -4.15. The first kappa shape index (κ1) is 33.2. The Kier molecular flexibility index (Phi) is 10.2. The molecule has 7 rings (SSSR count). The van der Waals surface area contributed by atoms with Gasteiger partial charge in [-0.2, -0.15) is 0 Å². The van der Waals surface area contributed by atoms with E-state index in [0.29, 0.717) is 5.92 Å². The van der Waals surface area contributed by atoms with E-state index in [0.717, 1.165) is 55.6 Å². The number of furan rings is 1. The zero-order chi connectivity index (χ0) is 31.6. The number of rotatable bonds is 5. The average molecular weight is 795 g/mol. The second kappa shape index (κ2) is 14.1. The monoisotopic (exact) mass is 795 g/mol. The number of hydrogen-bond donors (Lipinski definition) is 0. The van der Waals surface area contributed by atoms with Gasteiger partial charge in [-0.3, -0.25) is 0 Å². The van der Waals surface area contributed by atoms with Crippen LogP contribution in [-0.4, -0.2) is 18.0 Å². The molecule has 0 aliphatic carbocycles. The van der Waals surface area contributed by atoms with Crippen molar-refractivity contribution in [1.29, 1.82) is 0 Å². The van der Waals surface area contributed by atoms with Gasteiger partial charge in [0.05, 0.1) is 13.7 Å². The van der Waals surface area contributed by atoms with Crippen molar-refractivity contribution in [2.24, 2.45) is 0 Å². The van der Waals surface area contributed by atoms with Crippen LogP contribution in [0.2, 0.25) is 19.6 Å². The van der Waals surface area contributed by atoms with Crippen LogP contribution in [0, 0.1) is 19.1 Å². The molecular formula is C41H38IrN2OSi-2. The Balaban J connectivity index is 0.000000187. The van der Waals surface area contributed by atoms with Gasteiger partial charge >= 0.3 is 0 Å². The van der Waals surface area contributed by atoms with Crippen molar-refractivity contribution >= 4 is 35.2 Å². The minimum Gasteiger partial charge on any atom is -0.501 e. The fourth-order valence-corrected chi connectivity index (χ4v) is 7.45. The molecule has 0 fully saturated rings. The molecule has 4 aromatic carbocycles. The van der Waals surface area contributed by atoms with Crippen molar-refractivity contribution in [1.82, 2.24) is 9.97 Å². The van der Waals surface area contributed by atoms with Gasteiger partial charge in [-0.05, 0) is 45.8 Å². The third-order valence-electron chi connectivity index (χ3n) is 8.12. The van der Waals surface area contributed by atoms with E-state index >= 15 is 0 Å². The Bertz CT molecular complexity index is 2070. The Morgan fingerprint density at radius 1 is 0.761 bits per heavy atom. The second-order valence-corrected chi connectivity index (χ2v) is 17.8. The third-order valence-corrected chi connectivity index (χ3v) is 10.2. The SMILES string of the molecule is CC(C)c1cc(-c2[c-]cccc2)ncc1[Si](C)(C)C.Cc1c[c-]c(-c2ccccn2)c2oc3cc(-c4ccccc4)ccc3c12.[Ir]. The van der Waals surface area contributed by atoms with Crippen LogP contribution in [0.1, 0.15) is 30.9 Å². The van der Waals surface area contributed by atoms with Crippen molar-refractivity contribution < 1.29 is 24.5 Å². The summed E-state index contributed by atoms with van der Waals surface area (Å²) in [4.78, 5) is 9.13. The number of aryl methyl sites for hydroxylation is 1. The van der Waals surface area contributed by atoms with E-state index in [-0.39, 0.29) is 20.1 Å². The van der Waals surface area contributed by atoms with Gasteiger partial charge in [0.2, 0.25) is 0 Å². The van der Waals surface area contributed by atoms with Crippen LogP contribution in [0.15, 0.2) is 120 Å². The Morgan fingerprint density at radius 3 is 2.20 bits per heavy atom. The molecule has 0 atom stereocenters. The van der Waals surface area contributed by atoms with Gasteiger partial charge in [0.15, 0.2) is 0 Å². The van der Waals surface area contributed by atoms with Gasteiger partial charge in [-0.15, -0.1) is 53.6 Å².